The van der Waals surface area contributed by atoms with Crippen molar-refractivity contribution in [3.8, 4) is 0 Å². The van der Waals surface area contributed by atoms with Crippen LogP contribution in [-0.4, -0.2) is 23.5 Å². The number of hydrogen-bond acceptors (Lipinski definition) is 3. The normalized spacial score (nSPS) is 17.5. The molecule has 3 nitrogen and oxygen atoms in total. The van der Waals surface area contributed by atoms with Crippen molar-refractivity contribution in [1.29, 1.82) is 0 Å². The fourth-order valence-electron chi connectivity index (χ4n) is 0.474. The second-order valence-electron chi connectivity index (χ2n) is 1.69. The smallest absolute Gasteiger partial charge is 0.267 e. The Morgan fingerprint density at radius 1 is 1.70 bits per heavy atom. The van der Waals surface area contributed by atoms with Gasteiger partial charge in [0, 0.05) is 6.21 Å². The van der Waals surface area contributed by atoms with E-state index in [1.807, 2.05) is 6.26 Å². The van der Waals surface area contributed by atoms with Gasteiger partial charge in [-0.05, 0) is 6.26 Å². The van der Waals surface area contributed by atoms with Crippen molar-refractivity contribution in [1.82, 2.24) is 0 Å². The monoisotopic (exact) mass is 154 g/mol. The number of aliphatic imine (C=N–C) groups is 2. The highest BCUT2D eigenvalue weighted by Gasteiger charge is 2.09. The molecule has 0 aromatic heterocycles. The first kappa shape index (κ1) is 7.21. The summed E-state index contributed by atoms with van der Waals surface area (Å²) in [6, 6.07) is 0. The average molecular weight is 154 g/mol. The SMILES string of the molecule is C=C1C=NC(SC)=NC1=O. The topological polar surface area (TPSA) is 41.8 Å². The first-order valence-corrected chi connectivity index (χ1v) is 3.86. The van der Waals surface area contributed by atoms with Gasteiger partial charge in [0.25, 0.3) is 5.91 Å². The van der Waals surface area contributed by atoms with E-state index in [0.717, 1.165) is 0 Å². The first-order chi connectivity index (χ1) is 4.74. The maximum atomic E-state index is 10.8. The molecule has 0 atom stereocenters. The minimum absolute atomic E-state index is 0.292. The van der Waals surface area contributed by atoms with Gasteiger partial charge in [0.15, 0.2) is 5.17 Å². The molecule has 1 rings (SSSR count). The van der Waals surface area contributed by atoms with Crippen molar-refractivity contribution in [2.75, 3.05) is 6.26 Å². The molecule has 0 bridgehead atoms. The third-order valence-corrected chi connectivity index (χ3v) is 1.55. The number of carbonyl (C=O) groups is 1. The second kappa shape index (κ2) is 2.79. The van der Waals surface area contributed by atoms with Crippen LogP contribution in [0.4, 0.5) is 0 Å². The molecule has 1 amide bonds. The summed E-state index contributed by atoms with van der Waals surface area (Å²) < 4.78 is 0. The summed E-state index contributed by atoms with van der Waals surface area (Å²) >= 11 is 1.34. The van der Waals surface area contributed by atoms with Crippen LogP contribution in [0.25, 0.3) is 0 Å². The first-order valence-electron chi connectivity index (χ1n) is 2.64. The van der Waals surface area contributed by atoms with Gasteiger partial charge in [-0.3, -0.25) is 4.79 Å². The van der Waals surface area contributed by atoms with Gasteiger partial charge >= 0.3 is 0 Å². The summed E-state index contributed by atoms with van der Waals surface area (Å²) in [4.78, 5) is 18.2. The summed E-state index contributed by atoms with van der Waals surface area (Å²) in [7, 11) is 0. The van der Waals surface area contributed by atoms with Crippen LogP contribution >= 0.6 is 11.8 Å². The minimum Gasteiger partial charge on any atom is -0.267 e. The molecule has 0 saturated heterocycles. The summed E-state index contributed by atoms with van der Waals surface area (Å²) in [6.45, 7) is 3.45. The maximum Gasteiger partial charge on any atom is 0.280 e. The van der Waals surface area contributed by atoms with Gasteiger partial charge < -0.3 is 0 Å². The molecular formula is C6H6N2OS. The van der Waals surface area contributed by atoms with Crippen molar-refractivity contribution >= 4 is 29.1 Å². The number of rotatable bonds is 0. The van der Waals surface area contributed by atoms with Gasteiger partial charge in [0.05, 0.1) is 5.57 Å². The Labute approximate surface area is 62.9 Å². The van der Waals surface area contributed by atoms with Crippen LogP contribution in [0.1, 0.15) is 0 Å². The molecule has 0 aliphatic carbocycles. The van der Waals surface area contributed by atoms with Crippen LogP contribution in [0.3, 0.4) is 0 Å². The van der Waals surface area contributed by atoms with Crippen LogP contribution in [0, 0.1) is 0 Å². The van der Waals surface area contributed by atoms with Crippen LogP contribution in [-0.2, 0) is 4.79 Å². The molecular weight excluding hydrogens is 148 g/mol. The van der Waals surface area contributed by atoms with Crippen molar-refractivity contribution < 1.29 is 4.79 Å². The van der Waals surface area contributed by atoms with Crippen molar-refractivity contribution in [2.24, 2.45) is 9.98 Å². The lowest BCUT2D eigenvalue weighted by atomic mass is 10.3. The molecule has 1 aliphatic rings. The molecule has 0 spiro atoms. The summed E-state index contributed by atoms with van der Waals surface area (Å²) in [6.07, 6.45) is 3.25. The highest BCUT2D eigenvalue weighted by atomic mass is 32.2. The van der Waals surface area contributed by atoms with Crippen LogP contribution in [0.5, 0.6) is 0 Å². The van der Waals surface area contributed by atoms with Crippen LogP contribution in [0.15, 0.2) is 22.1 Å². The largest absolute Gasteiger partial charge is 0.280 e. The lowest BCUT2D eigenvalue weighted by Gasteiger charge is -2.00. The Bertz CT molecular complexity index is 242. The second-order valence-corrected chi connectivity index (χ2v) is 2.46. The number of thioether (sulfide) groups is 1. The lowest BCUT2D eigenvalue weighted by Crippen LogP contribution is -2.07. The van der Waals surface area contributed by atoms with E-state index >= 15 is 0 Å². The van der Waals surface area contributed by atoms with E-state index in [1.165, 1.54) is 18.0 Å². The third-order valence-electron chi connectivity index (χ3n) is 0.985. The Balaban J connectivity index is 2.86. The lowest BCUT2D eigenvalue weighted by molar-refractivity contribution is -0.113. The zero-order valence-corrected chi connectivity index (χ0v) is 6.31. The quantitative estimate of drug-likeness (QED) is 0.486. The molecule has 0 N–H and O–H groups in total. The molecule has 0 saturated carbocycles. The molecule has 52 valence electrons. The van der Waals surface area contributed by atoms with E-state index in [0.29, 0.717) is 10.7 Å². The fraction of sp³-hybridized carbons (Fsp3) is 0.167. The Kier molecular flexibility index (Phi) is 2.01. The zero-order valence-electron chi connectivity index (χ0n) is 5.50. The fourth-order valence-corrected chi connectivity index (χ4v) is 0.807. The van der Waals surface area contributed by atoms with Gasteiger partial charge in [-0.1, -0.05) is 18.3 Å². The summed E-state index contributed by atoms with van der Waals surface area (Å²) in [5.74, 6) is -0.292. The Morgan fingerprint density at radius 3 is 2.90 bits per heavy atom. The molecule has 4 heteroatoms. The van der Waals surface area contributed by atoms with E-state index in [9.17, 15) is 4.79 Å². The molecule has 0 aromatic carbocycles. The highest BCUT2D eigenvalue weighted by molar-refractivity contribution is 8.13. The number of hydrogen-bond donors (Lipinski definition) is 0. The molecule has 0 fully saturated rings. The Hall–Kier alpha value is -0.900. The molecule has 10 heavy (non-hydrogen) atoms. The van der Waals surface area contributed by atoms with Gasteiger partial charge in [-0.25, -0.2) is 4.99 Å². The summed E-state index contributed by atoms with van der Waals surface area (Å²) in [5, 5.41) is 0.498. The number of amidine groups is 1. The molecule has 0 unspecified atom stereocenters. The Morgan fingerprint density at radius 2 is 2.40 bits per heavy atom. The van der Waals surface area contributed by atoms with E-state index in [-0.39, 0.29) is 5.91 Å². The van der Waals surface area contributed by atoms with Crippen molar-refractivity contribution in [3.63, 3.8) is 0 Å². The van der Waals surface area contributed by atoms with Gasteiger partial charge in [0.1, 0.15) is 0 Å². The molecule has 0 radical (unpaired) electrons. The summed E-state index contributed by atoms with van der Waals surface area (Å²) in [5.41, 5.74) is 0.345. The van der Waals surface area contributed by atoms with Crippen molar-refractivity contribution in [2.45, 2.75) is 0 Å². The number of amides is 1. The molecule has 0 aromatic rings. The third kappa shape index (κ3) is 1.33. The van der Waals surface area contributed by atoms with Gasteiger partial charge in [0.2, 0.25) is 0 Å². The molecule has 1 heterocycles. The minimum atomic E-state index is -0.292. The number of nitrogens with zero attached hydrogens (tertiary/aromatic N) is 2. The van der Waals surface area contributed by atoms with E-state index in [1.54, 1.807) is 0 Å². The van der Waals surface area contributed by atoms with E-state index < -0.39 is 0 Å². The predicted octanol–water partition coefficient (Wildman–Crippen LogP) is 0.873. The molecule has 1 aliphatic heterocycles. The highest BCUT2D eigenvalue weighted by Crippen LogP contribution is 2.06. The van der Waals surface area contributed by atoms with Gasteiger partial charge in [-0.2, -0.15) is 4.99 Å². The maximum absolute atomic E-state index is 10.8. The van der Waals surface area contributed by atoms with E-state index in [4.69, 9.17) is 0 Å². The van der Waals surface area contributed by atoms with E-state index in [2.05, 4.69) is 16.6 Å². The predicted molar refractivity (Wildman–Crippen MR) is 43.6 cm³/mol. The average Bonchev–Trinajstić information content (AvgIpc) is 1.95. The number of carbonyl (C=O) groups excluding carboxylic acids is 1. The van der Waals surface area contributed by atoms with Gasteiger partial charge in [-0.15, -0.1) is 0 Å². The van der Waals surface area contributed by atoms with Crippen molar-refractivity contribution in [3.05, 3.63) is 12.2 Å². The zero-order chi connectivity index (χ0) is 7.56. The standard InChI is InChI=1S/C6H6N2OS/c1-4-3-7-6(10-2)8-5(4)9/h3H,1H2,2H3. The van der Waals surface area contributed by atoms with Crippen LogP contribution in [0.2, 0.25) is 0 Å². The van der Waals surface area contributed by atoms with Crippen LogP contribution < -0.4 is 0 Å².